The molecule has 148 valence electrons. The molecular formula is C22H26ClN3O2. The maximum absolute atomic E-state index is 12.6. The maximum Gasteiger partial charge on any atom is 0.255 e. The number of benzene rings is 2. The number of anilines is 2. The summed E-state index contributed by atoms with van der Waals surface area (Å²) < 4.78 is 0. The highest BCUT2D eigenvalue weighted by Gasteiger charge is 2.34. The fourth-order valence-electron chi connectivity index (χ4n) is 4.29. The summed E-state index contributed by atoms with van der Waals surface area (Å²) in [6, 6.07) is 17.6. The highest BCUT2D eigenvalue weighted by atomic mass is 35.5. The van der Waals surface area contributed by atoms with E-state index in [4.69, 9.17) is 0 Å². The second kappa shape index (κ2) is 9.22. The van der Waals surface area contributed by atoms with Crippen LogP contribution in [0.15, 0.2) is 54.6 Å². The van der Waals surface area contributed by atoms with E-state index in [2.05, 4.69) is 16.0 Å². The quantitative estimate of drug-likeness (QED) is 0.705. The Morgan fingerprint density at radius 3 is 2.07 bits per heavy atom. The maximum atomic E-state index is 12.6. The molecule has 2 heterocycles. The third-order valence-electron chi connectivity index (χ3n) is 5.53. The van der Waals surface area contributed by atoms with Gasteiger partial charge in [0.1, 0.15) is 0 Å². The average Bonchev–Trinajstić information content (AvgIpc) is 3.02. The van der Waals surface area contributed by atoms with E-state index in [1.165, 1.54) is 12.8 Å². The molecule has 2 saturated heterocycles. The number of piperidine rings is 1. The van der Waals surface area contributed by atoms with E-state index in [0.29, 0.717) is 41.4 Å². The summed E-state index contributed by atoms with van der Waals surface area (Å²) in [4.78, 5) is 25.0. The highest BCUT2D eigenvalue weighted by molar-refractivity contribution is 6.07. The van der Waals surface area contributed by atoms with Crippen LogP contribution in [0.3, 0.4) is 0 Å². The highest BCUT2D eigenvalue weighted by Crippen LogP contribution is 2.33. The van der Waals surface area contributed by atoms with Crippen molar-refractivity contribution in [1.82, 2.24) is 5.32 Å². The van der Waals surface area contributed by atoms with E-state index in [0.717, 1.165) is 12.8 Å². The van der Waals surface area contributed by atoms with E-state index in [9.17, 15) is 9.59 Å². The van der Waals surface area contributed by atoms with Gasteiger partial charge in [-0.3, -0.25) is 9.59 Å². The zero-order valence-corrected chi connectivity index (χ0v) is 16.5. The zero-order valence-electron chi connectivity index (χ0n) is 15.7. The first-order valence-electron chi connectivity index (χ1n) is 9.68. The molecule has 0 spiro atoms. The van der Waals surface area contributed by atoms with Gasteiger partial charge in [0.05, 0.1) is 11.4 Å². The lowest BCUT2D eigenvalue weighted by Crippen LogP contribution is -2.39. The van der Waals surface area contributed by atoms with Gasteiger partial charge in [-0.15, -0.1) is 12.4 Å². The zero-order chi connectivity index (χ0) is 18.6. The molecule has 0 radical (unpaired) electrons. The Morgan fingerprint density at radius 1 is 0.857 bits per heavy atom. The largest absolute Gasteiger partial charge is 0.324 e. The van der Waals surface area contributed by atoms with Gasteiger partial charge in [0.2, 0.25) is 5.91 Å². The van der Waals surface area contributed by atoms with Crippen molar-refractivity contribution in [2.24, 2.45) is 5.92 Å². The molecule has 2 amide bonds. The predicted molar refractivity (Wildman–Crippen MR) is 114 cm³/mol. The standard InChI is InChI=1S/C22H25N3O2.ClH/c26-21(14-15-12-17-10-11-18(13-15)23-17)24-19-8-4-5-9-20(19)25-22(27)16-6-2-1-3-7-16;/h1-9,15,17-18,23H,10-14H2,(H,24,26)(H,25,27);1H. The van der Waals surface area contributed by atoms with Crippen LogP contribution in [0, 0.1) is 5.92 Å². The molecule has 2 unspecified atom stereocenters. The minimum Gasteiger partial charge on any atom is -0.324 e. The van der Waals surface area contributed by atoms with Crippen LogP contribution in [0.25, 0.3) is 0 Å². The van der Waals surface area contributed by atoms with Gasteiger partial charge >= 0.3 is 0 Å². The Hall–Kier alpha value is -2.37. The summed E-state index contributed by atoms with van der Waals surface area (Å²) in [5.41, 5.74) is 1.84. The van der Waals surface area contributed by atoms with Crippen molar-refractivity contribution in [2.45, 2.75) is 44.2 Å². The van der Waals surface area contributed by atoms with Gasteiger partial charge in [-0.25, -0.2) is 0 Å². The number of hydrogen-bond donors (Lipinski definition) is 3. The number of fused-ring (bicyclic) bond motifs is 2. The lowest BCUT2D eigenvalue weighted by atomic mass is 9.89. The summed E-state index contributed by atoms with van der Waals surface area (Å²) in [6.45, 7) is 0. The molecule has 3 N–H and O–H groups in total. The van der Waals surface area contributed by atoms with E-state index in [1.54, 1.807) is 18.2 Å². The van der Waals surface area contributed by atoms with E-state index >= 15 is 0 Å². The number of amides is 2. The third kappa shape index (κ3) is 4.91. The van der Waals surface area contributed by atoms with Gasteiger partial charge in [0.25, 0.3) is 5.91 Å². The fraction of sp³-hybridized carbons (Fsp3) is 0.364. The number of hydrogen-bond acceptors (Lipinski definition) is 3. The molecule has 2 fully saturated rings. The number of rotatable bonds is 5. The summed E-state index contributed by atoms with van der Waals surface area (Å²) in [5.74, 6) is 0.268. The Kier molecular flexibility index (Phi) is 6.70. The number of carbonyl (C=O) groups excluding carboxylic acids is 2. The Morgan fingerprint density at radius 2 is 1.43 bits per heavy atom. The second-order valence-electron chi connectivity index (χ2n) is 7.59. The molecule has 4 rings (SSSR count). The summed E-state index contributed by atoms with van der Waals surface area (Å²) in [5, 5.41) is 9.50. The van der Waals surface area contributed by atoms with Crippen LogP contribution in [0.5, 0.6) is 0 Å². The lowest BCUT2D eigenvalue weighted by Gasteiger charge is -2.28. The van der Waals surface area contributed by atoms with Crippen molar-refractivity contribution in [3.63, 3.8) is 0 Å². The van der Waals surface area contributed by atoms with Gasteiger partial charge in [-0.1, -0.05) is 30.3 Å². The van der Waals surface area contributed by atoms with Crippen molar-refractivity contribution in [1.29, 1.82) is 0 Å². The normalized spacial score (nSPS) is 22.8. The van der Waals surface area contributed by atoms with Crippen LogP contribution < -0.4 is 16.0 Å². The van der Waals surface area contributed by atoms with E-state index in [1.807, 2.05) is 36.4 Å². The van der Waals surface area contributed by atoms with Crippen LogP contribution in [0.1, 0.15) is 42.5 Å². The molecule has 2 aliphatic heterocycles. The summed E-state index contributed by atoms with van der Waals surface area (Å²) >= 11 is 0. The smallest absolute Gasteiger partial charge is 0.255 e. The minimum atomic E-state index is -0.188. The third-order valence-corrected chi connectivity index (χ3v) is 5.53. The van der Waals surface area contributed by atoms with Crippen LogP contribution in [0.4, 0.5) is 11.4 Å². The Balaban J connectivity index is 0.00000225. The summed E-state index contributed by atoms with van der Waals surface area (Å²) in [7, 11) is 0. The van der Waals surface area contributed by atoms with Gasteiger partial charge < -0.3 is 16.0 Å². The molecule has 2 bridgehead atoms. The molecule has 2 aliphatic rings. The van der Waals surface area contributed by atoms with Crippen LogP contribution in [-0.4, -0.2) is 23.9 Å². The second-order valence-corrected chi connectivity index (χ2v) is 7.59. The first-order chi connectivity index (χ1) is 13.2. The van der Waals surface area contributed by atoms with E-state index < -0.39 is 0 Å². The lowest BCUT2D eigenvalue weighted by molar-refractivity contribution is -0.117. The molecule has 28 heavy (non-hydrogen) atoms. The van der Waals surface area contributed by atoms with Gasteiger partial charge in [-0.2, -0.15) is 0 Å². The van der Waals surface area contributed by atoms with Gasteiger partial charge in [0, 0.05) is 24.1 Å². The molecule has 2 aromatic rings. The van der Waals surface area contributed by atoms with Crippen molar-refractivity contribution in [3.8, 4) is 0 Å². The van der Waals surface area contributed by atoms with Crippen molar-refractivity contribution >= 4 is 35.6 Å². The predicted octanol–water partition coefficient (Wildman–Crippen LogP) is 4.22. The van der Waals surface area contributed by atoms with Crippen LogP contribution in [-0.2, 0) is 4.79 Å². The average molecular weight is 400 g/mol. The van der Waals surface area contributed by atoms with Crippen LogP contribution >= 0.6 is 12.4 Å². The Labute approximate surface area is 171 Å². The van der Waals surface area contributed by atoms with Crippen molar-refractivity contribution in [3.05, 3.63) is 60.2 Å². The van der Waals surface area contributed by atoms with Crippen molar-refractivity contribution in [2.75, 3.05) is 10.6 Å². The number of para-hydroxylation sites is 2. The first-order valence-corrected chi connectivity index (χ1v) is 9.68. The first kappa shape index (κ1) is 20.4. The molecule has 6 heteroatoms. The monoisotopic (exact) mass is 399 g/mol. The SMILES string of the molecule is Cl.O=C(CC1CC2CCC(C1)N2)Nc1ccccc1NC(=O)c1ccccc1. The fourth-order valence-corrected chi connectivity index (χ4v) is 4.29. The van der Waals surface area contributed by atoms with Gasteiger partial charge in [-0.05, 0) is 55.9 Å². The molecule has 0 aromatic heterocycles. The van der Waals surface area contributed by atoms with Crippen molar-refractivity contribution < 1.29 is 9.59 Å². The molecule has 2 aromatic carbocycles. The molecular weight excluding hydrogens is 374 g/mol. The van der Waals surface area contributed by atoms with Crippen LogP contribution in [0.2, 0.25) is 0 Å². The summed E-state index contributed by atoms with van der Waals surface area (Å²) in [6.07, 6.45) is 5.16. The Bertz CT molecular complexity index is 816. The van der Waals surface area contributed by atoms with E-state index in [-0.39, 0.29) is 24.2 Å². The number of carbonyl (C=O) groups is 2. The minimum absolute atomic E-state index is 0. The molecule has 0 aliphatic carbocycles. The molecule has 0 saturated carbocycles. The number of halogens is 1. The van der Waals surface area contributed by atoms with Gasteiger partial charge in [0.15, 0.2) is 0 Å². The topological polar surface area (TPSA) is 70.2 Å². The molecule has 5 nitrogen and oxygen atoms in total. The molecule has 2 atom stereocenters. The number of nitrogens with one attached hydrogen (secondary N) is 3.